The molecule has 1 aliphatic heterocycles. The molecule has 0 saturated heterocycles. The van der Waals surface area contributed by atoms with E-state index in [9.17, 15) is 9.59 Å². The summed E-state index contributed by atoms with van der Waals surface area (Å²) in [5, 5.41) is 11.1. The lowest BCUT2D eigenvalue weighted by molar-refractivity contribution is -0.137. The van der Waals surface area contributed by atoms with Crippen molar-refractivity contribution in [3.63, 3.8) is 0 Å². The monoisotopic (exact) mass is 265 g/mol. The largest absolute Gasteiger partial charge is 0.481 e. The molecule has 1 heterocycles. The van der Waals surface area contributed by atoms with Gasteiger partial charge >= 0.3 is 5.97 Å². The molecule has 0 spiro atoms. The first-order chi connectivity index (χ1) is 9.15. The predicted octanol–water partition coefficient (Wildman–Crippen LogP) is 0.939. The molecule has 2 N–H and O–H groups in total. The Morgan fingerprint density at radius 1 is 1.26 bits per heavy atom. The lowest BCUT2D eigenvalue weighted by Gasteiger charge is -2.05. The van der Waals surface area contributed by atoms with E-state index in [0.29, 0.717) is 24.5 Å². The van der Waals surface area contributed by atoms with Crippen LogP contribution in [-0.4, -0.2) is 30.3 Å². The molecule has 0 aliphatic carbocycles. The maximum absolute atomic E-state index is 11.6. The Hall–Kier alpha value is -2.24. The summed E-state index contributed by atoms with van der Waals surface area (Å²) >= 11 is 0. The van der Waals surface area contributed by atoms with Gasteiger partial charge in [-0.2, -0.15) is 0 Å². The molecule has 0 saturated carbocycles. The Morgan fingerprint density at radius 3 is 2.84 bits per heavy atom. The molecule has 0 fully saturated rings. The second-order valence-electron chi connectivity index (χ2n) is 4.21. The van der Waals surface area contributed by atoms with Gasteiger partial charge in [-0.15, -0.1) is 0 Å². The van der Waals surface area contributed by atoms with Crippen LogP contribution < -0.4 is 14.8 Å². The van der Waals surface area contributed by atoms with Crippen molar-refractivity contribution in [3.8, 4) is 11.5 Å². The first-order valence-electron chi connectivity index (χ1n) is 6.02. The first kappa shape index (κ1) is 13.2. The third-order valence-corrected chi connectivity index (χ3v) is 2.69. The minimum Gasteiger partial charge on any atom is -0.481 e. The molecule has 1 aromatic carbocycles. The number of nitrogens with one attached hydrogen (secondary N) is 1. The average Bonchev–Trinajstić information content (AvgIpc) is 2.82. The summed E-state index contributed by atoms with van der Waals surface area (Å²) in [7, 11) is 0. The molecule has 6 nitrogen and oxygen atoms in total. The fraction of sp³-hybridized carbons (Fsp3) is 0.385. The van der Waals surface area contributed by atoms with Gasteiger partial charge in [0.2, 0.25) is 12.7 Å². The Kier molecular flexibility index (Phi) is 4.22. The molecule has 1 amide bonds. The highest BCUT2D eigenvalue weighted by atomic mass is 16.7. The third-order valence-electron chi connectivity index (χ3n) is 2.69. The van der Waals surface area contributed by atoms with Crippen molar-refractivity contribution in [1.29, 1.82) is 0 Å². The number of carboxylic acids is 1. The fourth-order valence-electron chi connectivity index (χ4n) is 1.77. The van der Waals surface area contributed by atoms with Crippen molar-refractivity contribution in [3.05, 3.63) is 23.8 Å². The van der Waals surface area contributed by atoms with Crippen molar-refractivity contribution in [2.45, 2.75) is 19.3 Å². The molecular weight excluding hydrogens is 250 g/mol. The molecule has 102 valence electrons. The number of fused-ring (bicyclic) bond motifs is 1. The quantitative estimate of drug-likeness (QED) is 0.748. The van der Waals surface area contributed by atoms with Gasteiger partial charge in [0.1, 0.15) is 0 Å². The summed E-state index contributed by atoms with van der Waals surface area (Å²) in [6.07, 6.45) is 0.732. The van der Waals surface area contributed by atoms with E-state index in [4.69, 9.17) is 14.6 Å². The van der Waals surface area contributed by atoms with Crippen LogP contribution in [0.2, 0.25) is 0 Å². The minimum absolute atomic E-state index is 0.0598. The van der Waals surface area contributed by atoms with Gasteiger partial charge in [0.05, 0.1) is 6.42 Å². The number of carbonyl (C=O) groups is 2. The van der Waals surface area contributed by atoms with Crippen LogP contribution in [-0.2, 0) is 16.0 Å². The molecule has 6 heteroatoms. The normalized spacial score (nSPS) is 12.2. The zero-order chi connectivity index (χ0) is 13.7. The Labute approximate surface area is 110 Å². The Bertz CT molecular complexity index is 486. The van der Waals surface area contributed by atoms with E-state index in [1.54, 1.807) is 12.1 Å². The summed E-state index contributed by atoms with van der Waals surface area (Å²) in [5.74, 6) is 0.344. The number of ether oxygens (including phenoxy) is 2. The van der Waals surface area contributed by atoms with E-state index in [1.165, 1.54) is 0 Å². The molecule has 0 unspecified atom stereocenters. The van der Waals surface area contributed by atoms with Gasteiger partial charge in [-0.25, -0.2) is 0 Å². The van der Waals surface area contributed by atoms with Crippen molar-refractivity contribution in [1.82, 2.24) is 5.32 Å². The lowest BCUT2D eigenvalue weighted by atomic mass is 10.1. The predicted molar refractivity (Wildman–Crippen MR) is 66.1 cm³/mol. The summed E-state index contributed by atoms with van der Waals surface area (Å²) < 4.78 is 10.4. The number of carbonyl (C=O) groups excluding carboxylic acids is 1. The molecule has 0 atom stereocenters. The van der Waals surface area contributed by atoms with Crippen molar-refractivity contribution < 1.29 is 24.2 Å². The number of hydrogen-bond acceptors (Lipinski definition) is 4. The van der Waals surface area contributed by atoms with Crippen molar-refractivity contribution in [2.24, 2.45) is 0 Å². The maximum atomic E-state index is 11.6. The van der Waals surface area contributed by atoms with Gasteiger partial charge in [0.25, 0.3) is 0 Å². The topological polar surface area (TPSA) is 84.9 Å². The summed E-state index contributed by atoms with van der Waals surface area (Å²) in [5.41, 5.74) is 0.833. The van der Waals surface area contributed by atoms with Crippen LogP contribution in [0, 0.1) is 0 Å². The molecule has 0 aromatic heterocycles. The summed E-state index contributed by atoms with van der Waals surface area (Å²) in [6, 6.07) is 5.36. The molecule has 0 bridgehead atoms. The zero-order valence-electron chi connectivity index (χ0n) is 10.3. The SMILES string of the molecule is O=C(O)CCCNC(=O)Cc1ccc2c(c1)OCO2. The molecule has 0 radical (unpaired) electrons. The van der Waals surface area contributed by atoms with Gasteiger partial charge < -0.3 is 19.9 Å². The number of carboxylic acid groups (broad SMARTS) is 1. The smallest absolute Gasteiger partial charge is 0.303 e. The lowest BCUT2D eigenvalue weighted by Crippen LogP contribution is -2.26. The van der Waals surface area contributed by atoms with Crippen LogP contribution in [0.15, 0.2) is 18.2 Å². The highest BCUT2D eigenvalue weighted by Crippen LogP contribution is 2.32. The Morgan fingerprint density at radius 2 is 2.05 bits per heavy atom. The molecule has 1 aliphatic rings. The van der Waals surface area contributed by atoms with Crippen LogP contribution in [0.5, 0.6) is 11.5 Å². The minimum atomic E-state index is -0.856. The second kappa shape index (κ2) is 6.08. The van der Waals surface area contributed by atoms with E-state index in [-0.39, 0.29) is 25.5 Å². The van der Waals surface area contributed by atoms with Gasteiger partial charge in [0, 0.05) is 13.0 Å². The van der Waals surface area contributed by atoms with Crippen molar-refractivity contribution in [2.75, 3.05) is 13.3 Å². The first-order valence-corrected chi connectivity index (χ1v) is 6.02. The van der Waals surface area contributed by atoms with Crippen LogP contribution in [0.25, 0.3) is 0 Å². The van der Waals surface area contributed by atoms with Crippen LogP contribution in [0.4, 0.5) is 0 Å². The van der Waals surface area contributed by atoms with E-state index in [2.05, 4.69) is 5.32 Å². The number of amides is 1. The molecule has 19 heavy (non-hydrogen) atoms. The van der Waals surface area contributed by atoms with Gasteiger partial charge in [-0.1, -0.05) is 6.07 Å². The summed E-state index contributed by atoms with van der Waals surface area (Å²) in [4.78, 5) is 21.9. The van der Waals surface area contributed by atoms with Gasteiger partial charge in [-0.05, 0) is 24.1 Å². The number of benzene rings is 1. The van der Waals surface area contributed by atoms with E-state index in [0.717, 1.165) is 5.56 Å². The number of aliphatic carboxylic acids is 1. The zero-order valence-corrected chi connectivity index (χ0v) is 10.3. The van der Waals surface area contributed by atoms with Crippen LogP contribution in [0.3, 0.4) is 0 Å². The van der Waals surface area contributed by atoms with Gasteiger partial charge in [-0.3, -0.25) is 9.59 Å². The summed E-state index contributed by atoms with van der Waals surface area (Å²) in [6.45, 7) is 0.579. The molecular formula is C13H15NO5. The van der Waals surface area contributed by atoms with E-state index >= 15 is 0 Å². The van der Waals surface area contributed by atoms with Crippen LogP contribution in [0.1, 0.15) is 18.4 Å². The highest BCUT2D eigenvalue weighted by molar-refractivity contribution is 5.78. The van der Waals surface area contributed by atoms with Crippen LogP contribution >= 0.6 is 0 Å². The molecule has 2 rings (SSSR count). The second-order valence-corrected chi connectivity index (χ2v) is 4.21. The van der Waals surface area contributed by atoms with E-state index < -0.39 is 5.97 Å². The number of rotatable bonds is 6. The van der Waals surface area contributed by atoms with Gasteiger partial charge in [0.15, 0.2) is 11.5 Å². The fourth-order valence-corrected chi connectivity index (χ4v) is 1.77. The van der Waals surface area contributed by atoms with E-state index in [1.807, 2.05) is 6.07 Å². The molecule has 1 aromatic rings. The number of hydrogen-bond donors (Lipinski definition) is 2. The third kappa shape index (κ3) is 3.87. The van der Waals surface area contributed by atoms with Crippen molar-refractivity contribution >= 4 is 11.9 Å². The standard InChI is InChI=1S/C13H15NO5/c15-12(14-5-1-2-13(16)17)7-9-3-4-10-11(6-9)19-8-18-10/h3-4,6H,1-2,5,7-8H2,(H,14,15)(H,16,17). The maximum Gasteiger partial charge on any atom is 0.303 e. The Balaban J connectivity index is 1.77. The highest BCUT2D eigenvalue weighted by Gasteiger charge is 2.14. The average molecular weight is 265 g/mol.